The summed E-state index contributed by atoms with van der Waals surface area (Å²) >= 11 is 4.19. The summed E-state index contributed by atoms with van der Waals surface area (Å²) in [5, 5.41) is 0. The molecule has 0 unspecified atom stereocenters. The van der Waals surface area contributed by atoms with Crippen LogP contribution in [0.25, 0.3) is 0 Å². The largest absolute Gasteiger partial charge is 0.379 e. The lowest BCUT2D eigenvalue weighted by Gasteiger charge is -2.19. The van der Waals surface area contributed by atoms with Crippen molar-refractivity contribution in [3.05, 3.63) is 0 Å². The van der Waals surface area contributed by atoms with Crippen molar-refractivity contribution in [2.45, 2.75) is 58.5 Å². The van der Waals surface area contributed by atoms with Crippen LogP contribution < -0.4 is 0 Å². The second-order valence-electron chi connectivity index (χ2n) is 4.04. The van der Waals surface area contributed by atoms with Crippen LogP contribution in [0.1, 0.15) is 46.0 Å². The summed E-state index contributed by atoms with van der Waals surface area (Å²) < 4.78 is 16.9. The number of hydrogen-bond donors (Lipinski definition) is 1. The smallest absolute Gasteiger partial charge is 0.261 e. The van der Waals surface area contributed by atoms with E-state index in [2.05, 4.69) is 26.5 Å². The quantitative estimate of drug-likeness (QED) is 0.243. The second-order valence-corrected chi connectivity index (χ2v) is 5.93. The fourth-order valence-corrected chi connectivity index (χ4v) is 2.84. The Morgan fingerprint density at radius 1 is 1.00 bits per heavy atom. The molecule has 0 aromatic carbocycles. The Bertz CT molecular complexity index is 140. The first-order valence-corrected chi connectivity index (χ1v) is 9.01. The summed E-state index contributed by atoms with van der Waals surface area (Å²) in [5.41, 5.74) is 0. The highest BCUT2D eigenvalue weighted by Gasteiger charge is 2.08. The molecule has 0 bridgehead atoms. The highest BCUT2D eigenvalue weighted by molar-refractivity contribution is 7.80. The Morgan fingerprint density at radius 3 is 2.06 bits per heavy atom. The molecule has 3 nitrogen and oxygen atoms in total. The average Bonchev–Trinajstić information content (AvgIpc) is 2.34. The standard InChI is InChI=1S/C12H28O3SSi/c1-3-5-8-13-12(14-9-6-4-2)15-17-11-7-10-16/h12,16H,3-11,17H2,1-2H3. The summed E-state index contributed by atoms with van der Waals surface area (Å²) in [6.07, 6.45) is 5.54. The number of ether oxygens (including phenoxy) is 2. The van der Waals surface area contributed by atoms with E-state index in [0.29, 0.717) is 0 Å². The Kier molecular flexibility index (Phi) is 14.9. The zero-order chi connectivity index (χ0) is 12.8. The molecule has 0 aromatic heterocycles. The van der Waals surface area contributed by atoms with Crippen LogP contribution in [0.3, 0.4) is 0 Å². The van der Waals surface area contributed by atoms with Gasteiger partial charge in [-0.15, -0.1) is 0 Å². The Hall–Kier alpha value is 0.447. The van der Waals surface area contributed by atoms with E-state index in [0.717, 1.165) is 57.1 Å². The predicted molar refractivity (Wildman–Crippen MR) is 78.4 cm³/mol. The van der Waals surface area contributed by atoms with Gasteiger partial charge < -0.3 is 13.9 Å². The van der Waals surface area contributed by atoms with E-state index in [1.54, 1.807) is 0 Å². The van der Waals surface area contributed by atoms with E-state index in [1.807, 2.05) is 0 Å². The van der Waals surface area contributed by atoms with E-state index in [1.165, 1.54) is 0 Å². The molecule has 0 aliphatic heterocycles. The minimum absolute atomic E-state index is 0.417. The van der Waals surface area contributed by atoms with Gasteiger partial charge in [-0.1, -0.05) is 26.7 Å². The van der Waals surface area contributed by atoms with Crippen molar-refractivity contribution < 1.29 is 13.9 Å². The zero-order valence-electron chi connectivity index (χ0n) is 11.3. The number of hydrogen-bond acceptors (Lipinski definition) is 4. The third kappa shape index (κ3) is 12.7. The van der Waals surface area contributed by atoms with Gasteiger partial charge in [-0.25, -0.2) is 0 Å². The molecule has 0 rings (SSSR count). The van der Waals surface area contributed by atoms with Gasteiger partial charge in [0.25, 0.3) is 6.48 Å². The van der Waals surface area contributed by atoms with Crippen LogP contribution in [-0.4, -0.2) is 35.2 Å². The first kappa shape index (κ1) is 17.4. The third-order valence-corrected chi connectivity index (χ3v) is 3.92. The van der Waals surface area contributed by atoms with E-state index >= 15 is 0 Å². The molecule has 0 aliphatic carbocycles. The van der Waals surface area contributed by atoms with Gasteiger partial charge in [-0.3, -0.25) is 0 Å². The van der Waals surface area contributed by atoms with Crippen molar-refractivity contribution >= 4 is 22.4 Å². The van der Waals surface area contributed by atoms with Crippen molar-refractivity contribution in [1.29, 1.82) is 0 Å². The molecular formula is C12H28O3SSi. The van der Waals surface area contributed by atoms with E-state index in [-0.39, 0.29) is 0 Å². The molecular weight excluding hydrogens is 252 g/mol. The van der Waals surface area contributed by atoms with Crippen LogP contribution in [0.15, 0.2) is 0 Å². The molecule has 0 heterocycles. The van der Waals surface area contributed by atoms with Crippen LogP contribution in [-0.2, 0) is 13.9 Å². The summed E-state index contributed by atoms with van der Waals surface area (Å²) in [4.78, 5) is 0. The number of thiol groups is 1. The van der Waals surface area contributed by atoms with Gasteiger partial charge in [0.1, 0.15) is 0 Å². The highest BCUT2D eigenvalue weighted by Crippen LogP contribution is 2.03. The number of rotatable bonds is 13. The van der Waals surface area contributed by atoms with Crippen molar-refractivity contribution in [2.75, 3.05) is 19.0 Å². The lowest BCUT2D eigenvalue weighted by Crippen LogP contribution is -2.24. The summed E-state index contributed by atoms with van der Waals surface area (Å²) in [7, 11) is -0.515. The van der Waals surface area contributed by atoms with Crippen LogP contribution in [0.4, 0.5) is 0 Å². The Labute approximate surface area is 114 Å². The van der Waals surface area contributed by atoms with E-state index in [9.17, 15) is 0 Å². The van der Waals surface area contributed by atoms with E-state index < -0.39 is 16.2 Å². The lowest BCUT2D eigenvalue weighted by molar-refractivity contribution is -0.248. The van der Waals surface area contributed by atoms with Gasteiger partial charge in [0, 0.05) is 0 Å². The van der Waals surface area contributed by atoms with Crippen LogP contribution in [0.2, 0.25) is 6.04 Å². The first-order chi connectivity index (χ1) is 8.35. The monoisotopic (exact) mass is 280 g/mol. The van der Waals surface area contributed by atoms with Crippen LogP contribution in [0.5, 0.6) is 0 Å². The van der Waals surface area contributed by atoms with Gasteiger partial charge in [-0.2, -0.15) is 12.6 Å². The molecule has 104 valence electrons. The predicted octanol–water partition coefficient (Wildman–Crippen LogP) is 2.74. The first-order valence-electron chi connectivity index (χ1n) is 6.80. The van der Waals surface area contributed by atoms with Crippen LogP contribution in [0, 0.1) is 0 Å². The van der Waals surface area contributed by atoms with Crippen molar-refractivity contribution in [3.8, 4) is 0 Å². The van der Waals surface area contributed by atoms with Gasteiger partial charge >= 0.3 is 0 Å². The fourth-order valence-electron chi connectivity index (χ4n) is 1.19. The third-order valence-electron chi connectivity index (χ3n) is 2.31. The zero-order valence-corrected chi connectivity index (χ0v) is 13.6. The molecule has 0 aromatic rings. The summed E-state index contributed by atoms with van der Waals surface area (Å²) in [6, 6.07) is 1.15. The van der Waals surface area contributed by atoms with Crippen molar-refractivity contribution in [1.82, 2.24) is 0 Å². The topological polar surface area (TPSA) is 27.7 Å². The lowest BCUT2D eigenvalue weighted by atomic mass is 10.4. The Balaban J connectivity index is 3.60. The molecule has 0 aliphatic rings. The molecule has 0 spiro atoms. The van der Waals surface area contributed by atoms with Crippen LogP contribution >= 0.6 is 12.6 Å². The molecule has 0 atom stereocenters. The molecule has 0 saturated carbocycles. The summed E-state index contributed by atoms with van der Waals surface area (Å²) in [6.45, 7) is 5.35. The SMILES string of the molecule is CCCCOC(OCCCC)O[SiH2]CCCS. The van der Waals surface area contributed by atoms with Gasteiger partial charge in [-0.05, 0) is 31.1 Å². The molecule has 0 amide bonds. The number of unbranched alkanes of at least 4 members (excludes halogenated alkanes) is 2. The molecule has 0 saturated heterocycles. The maximum Gasteiger partial charge on any atom is 0.261 e. The van der Waals surface area contributed by atoms with Crippen molar-refractivity contribution in [3.63, 3.8) is 0 Å². The van der Waals surface area contributed by atoms with Gasteiger partial charge in [0.15, 0.2) is 9.76 Å². The minimum atomic E-state index is -0.515. The summed E-state index contributed by atoms with van der Waals surface area (Å²) in [5.74, 6) is 0.939. The fraction of sp³-hybridized carbons (Fsp3) is 1.00. The average molecular weight is 281 g/mol. The van der Waals surface area contributed by atoms with Gasteiger partial charge in [0.05, 0.1) is 13.2 Å². The minimum Gasteiger partial charge on any atom is -0.379 e. The van der Waals surface area contributed by atoms with Gasteiger partial charge in [0.2, 0.25) is 0 Å². The molecule has 17 heavy (non-hydrogen) atoms. The maximum atomic E-state index is 5.70. The normalized spacial score (nSPS) is 12.0. The van der Waals surface area contributed by atoms with Crippen molar-refractivity contribution in [2.24, 2.45) is 0 Å². The second kappa shape index (κ2) is 14.5. The Morgan fingerprint density at radius 2 is 1.59 bits per heavy atom. The maximum absolute atomic E-state index is 5.70. The van der Waals surface area contributed by atoms with E-state index in [4.69, 9.17) is 13.9 Å². The molecule has 5 heteroatoms. The molecule has 0 N–H and O–H groups in total. The molecule has 0 radical (unpaired) electrons. The molecule has 0 fully saturated rings. The highest BCUT2D eigenvalue weighted by atomic mass is 32.1.